The first-order chi connectivity index (χ1) is 16.5. The molecule has 4 heterocycles. The van der Waals surface area contributed by atoms with Crippen LogP contribution in [0.3, 0.4) is 0 Å². The van der Waals surface area contributed by atoms with Gasteiger partial charge in [0.1, 0.15) is 12.1 Å². The summed E-state index contributed by atoms with van der Waals surface area (Å²) in [6.45, 7) is 4.87. The van der Waals surface area contributed by atoms with E-state index >= 15 is 0 Å². The van der Waals surface area contributed by atoms with E-state index < -0.39 is 12.1 Å². The quantitative estimate of drug-likeness (QED) is 0.479. The third kappa shape index (κ3) is 4.60. The molecule has 34 heavy (non-hydrogen) atoms. The Balaban J connectivity index is 1.24. The molecule has 4 amide bonds. The van der Waals surface area contributed by atoms with Crippen molar-refractivity contribution in [2.24, 2.45) is 0 Å². The van der Waals surface area contributed by atoms with Gasteiger partial charge in [-0.15, -0.1) is 0 Å². The van der Waals surface area contributed by atoms with Crippen LogP contribution >= 0.6 is 0 Å². The number of morpholine rings is 2. The van der Waals surface area contributed by atoms with Crippen molar-refractivity contribution < 1.29 is 28.7 Å². The molecule has 2 atom stereocenters. The van der Waals surface area contributed by atoms with Gasteiger partial charge in [-0.25, -0.2) is 30.7 Å². The number of nitrogens with zero attached hydrogens (tertiary/aromatic N) is 4. The van der Waals surface area contributed by atoms with Gasteiger partial charge in [-0.2, -0.15) is 0 Å². The predicted molar refractivity (Wildman–Crippen MR) is 119 cm³/mol. The van der Waals surface area contributed by atoms with Crippen LogP contribution < -0.4 is 20.7 Å². The number of carbonyl (C=O) groups is 4. The average Bonchev–Trinajstić information content (AvgIpc) is 3.28. The van der Waals surface area contributed by atoms with Gasteiger partial charge in [-0.3, -0.25) is 19.2 Å². The van der Waals surface area contributed by atoms with E-state index in [1.54, 1.807) is 24.3 Å². The highest BCUT2D eigenvalue weighted by Gasteiger charge is 2.42. The van der Waals surface area contributed by atoms with Crippen molar-refractivity contribution in [1.29, 1.82) is 0 Å². The number of nitrogens with one attached hydrogen (secondary N) is 2. The van der Waals surface area contributed by atoms with Crippen LogP contribution in [0.2, 0.25) is 0 Å². The third-order valence-electron chi connectivity index (χ3n) is 6.36. The number of anilines is 2. The lowest BCUT2D eigenvalue weighted by atomic mass is 10.2. The lowest BCUT2D eigenvalue weighted by Crippen LogP contribution is -2.52. The van der Waals surface area contributed by atoms with Gasteiger partial charge in [0.15, 0.2) is 0 Å². The van der Waals surface area contributed by atoms with E-state index in [4.69, 9.17) is 9.47 Å². The highest BCUT2D eigenvalue weighted by molar-refractivity contribution is 6.24. The lowest BCUT2D eigenvalue weighted by Gasteiger charge is -2.29. The molecule has 12 heteroatoms. The van der Waals surface area contributed by atoms with Gasteiger partial charge in [0.25, 0.3) is 11.8 Å². The van der Waals surface area contributed by atoms with Crippen molar-refractivity contribution in [2.45, 2.75) is 24.9 Å². The summed E-state index contributed by atoms with van der Waals surface area (Å²) in [4.78, 5) is 53.3. The van der Waals surface area contributed by atoms with Crippen molar-refractivity contribution in [1.82, 2.24) is 20.9 Å². The normalized spacial score (nSPS) is 27.3. The number of carbonyl (C=O) groups excluding carboxylic acids is 4. The van der Waals surface area contributed by atoms with E-state index in [-0.39, 0.29) is 36.5 Å². The smallest absolute Gasteiger partial charge is 0.252 e. The molecule has 0 aromatic heterocycles. The number of hydrazine groups is 2. The summed E-state index contributed by atoms with van der Waals surface area (Å²) in [6.07, 6.45) is 0.131. The second-order valence-corrected chi connectivity index (χ2v) is 8.62. The molecule has 2 N–H and O–H groups in total. The molecule has 4 aliphatic heterocycles. The maximum Gasteiger partial charge on any atom is 0.252 e. The van der Waals surface area contributed by atoms with Gasteiger partial charge in [0, 0.05) is 26.2 Å². The van der Waals surface area contributed by atoms with Crippen LogP contribution in [0.15, 0.2) is 24.3 Å². The zero-order valence-corrected chi connectivity index (χ0v) is 18.8. The minimum Gasteiger partial charge on any atom is -0.379 e. The van der Waals surface area contributed by atoms with Gasteiger partial charge < -0.3 is 9.47 Å². The zero-order valence-electron chi connectivity index (χ0n) is 18.8. The molecule has 5 rings (SSSR count). The molecule has 4 saturated heterocycles. The second kappa shape index (κ2) is 9.86. The van der Waals surface area contributed by atoms with Crippen LogP contribution in [-0.2, 0) is 28.7 Å². The molecule has 182 valence electrons. The van der Waals surface area contributed by atoms with Crippen molar-refractivity contribution in [3.05, 3.63) is 24.3 Å². The molecular formula is C22H28N6O6. The molecule has 4 fully saturated rings. The predicted octanol–water partition coefficient (Wildman–Crippen LogP) is -1.38. The first-order valence-corrected chi connectivity index (χ1v) is 11.5. The minimum atomic E-state index is -0.626. The number of ether oxygens (including phenoxy) is 2. The molecule has 1 aromatic carbocycles. The van der Waals surface area contributed by atoms with Gasteiger partial charge in [-0.05, 0) is 24.3 Å². The standard InChI is InChI=1S/C22H28N6O6/c29-19-13-17(23-25-5-9-33-10-6-25)21(31)27(19)15-1-2-16(4-3-15)28-20(30)14-18(22(28)32)24-26-7-11-34-12-8-26/h1-4,17-18,23-24H,5-14H2. The number of rotatable bonds is 6. The minimum absolute atomic E-state index is 0.0654. The second-order valence-electron chi connectivity index (χ2n) is 8.62. The Labute approximate surface area is 196 Å². The Morgan fingerprint density at radius 2 is 0.971 bits per heavy atom. The summed E-state index contributed by atoms with van der Waals surface area (Å²) in [5.41, 5.74) is 7.08. The Hall–Kier alpha value is -2.74. The number of benzene rings is 1. The summed E-state index contributed by atoms with van der Waals surface area (Å²) >= 11 is 0. The topological polar surface area (TPSA) is 124 Å². The van der Waals surface area contributed by atoms with Crippen molar-refractivity contribution >= 4 is 35.0 Å². The van der Waals surface area contributed by atoms with Gasteiger partial charge in [0.2, 0.25) is 11.8 Å². The first kappa shape index (κ1) is 23.0. The van der Waals surface area contributed by atoms with Crippen LogP contribution in [0.1, 0.15) is 12.8 Å². The Bertz CT molecular complexity index is 882. The van der Waals surface area contributed by atoms with E-state index in [1.807, 2.05) is 10.0 Å². The maximum absolute atomic E-state index is 12.9. The molecule has 0 spiro atoms. The first-order valence-electron chi connectivity index (χ1n) is 11.5. The van der Waals surface area contributed by atoms with E-state index in [2.05, 4.69) is 10.9 Å². The fraction of sp³-hybridized carbons (Fsp3) is 0.545. The van der Waals surface area contributed by atoms with Crippen LogP contribution in [-0.4, -0.2) is 98.3 Å². The molecule has 0 saturated carbocycles. The van der Waals surface area contributed by atoms with Gasteiger partial charge >= 0.3 is 0 Å². The molecule has 12 nitrogen and oxygen atoms in total. The summed E-state index contributed by atoms with van der Waals surface area (Å²) in [7, 11) is 0. The SMILES string of the molecule is O=C1CC(NN2CCOCC2)C(=O)N1c1ccc(N2C(=O)CC(NN3CCOCC3)C2=O)cc1. The van der Waals surface area contributed by atoms with E-state index in [1.165, 1.54) is 0 Å². The molecule has 0 radical (unpaired) electrons. The lowest BCUT2D eigenvalue weighted by molar-refractivity contribution is -0.124. The highest BCUT2D eigenvalue weighted by atomic mass is 16.5. The third-order valence-corrected chi connectivity index (χ3v) is 6.36. The van der Waals surface area contributed by atoms with Crippen molar-refractivity contribution in [3.63, 3.8) is 0 Å². The monoisotopic (exact) mass is 472 g/mol. The molecule has 0 bridgehead atoms. The van der Waals surface area contributed by atoms with Crippen LogP contribution in [0.25, 0.3) is 0 Å². The van der Waals surface area contributed by atoms with E-state index in [0.717, 1.165) is 9.80 Å². The fourth-order valence-electron chi connectivity index (χ4n) is 4.58. The number of imide groups is 2. The molecular weight excluding hydrogens is 444 g/mol. The number of amides is 4. The summed E-state index contributed by atoms with van der Waals surface area (Å²) < 4.78 is 10.6. The Morgan fingerprint density at radius 1 is 0.618 bits per heavy atom. The highest BCUT2D eigenvalue weighted by Crippen LogP contribution is 2.28. The zero-order chi connectivity index (χ0) is 23.7. The fourth-order valence-corrected chi connectivity index (χ4v) is 4.58. The van der Waals surface area contributed by atoms with Gasteiger partial charge in [-0.1, -0.05) is 0 Å². The van der Waals surface area contributed by atoms with E-state index in [0.29, 0.717) is 64.0 Å². The van der Waals surface area contributed by atoms with Crippen molar-refractivity contribution in [3.8, 4) is 0 Å². The van der Waals surface area contributed by atoms with Crippen LogP contribution in [0.5, 0.6) is 0 Å². The maximum atomic E-state index is 12.9. The number of hydrogen-bond donors (Lipinski definition) is 2. The summed E-state index contributed by atoms with van der Waals surface area (Å²) in [6, 6.07) is 5.10. The van der Waals surface area contributed by atoms with Crippen LogP contribution in [0, 0.1) is 0 Å². The molecule has 4 aliphatic rings. The Morgan fingerprint density at radius 3 is 1.32 bits per heavy atom. The molecule has 1 aromatic rings. The Kier molecular flexibility index (Phi) is 6.68. The largest absolute Gasteiger partial charge is 0.379 e. The average molecular weight is 473 g/mol. The van der Waals surface area contributed by atoms with Gasteiger partial charge in [0.05, 0.1) is 50.6 Å². The molecule has 0 aliphatic carbocycles. The van der Waals surface area contributed by atoms with Crippen LogP contribution in [0.4, 0.5) is 11.4 Å². The number of hydrogen-bond acceptors (Lipinski definition) is 10. The van der Waals surface area contributed by atoms with E-state index in [9.17, 15) is 19.2 Å². The summed E-state index contributed by atoms with van der Waals surface area (Å²) in [5, 5.41) is 3.80. The molecule has 2 unspecified atom stereocenters. The summed E-state index contributed by atoms with van der Waals surface area (Å²) in [5.74, 6) is -1.25. The van der Waals surface area contributed by atoms with Crippen molar-refractivity contribution in [2.75, 3.05) is 62.4 Å².